The van der Waals surface area contributed by atoms with E-state index in [9.17, 15) is 19.2 Å². The van der Waals surface area contributed by atoms with E-state index in [0.717, 1.165) is 11.0 Å². The lowest BCUT2D eigenvalue weighted by molar-refractivity contribution is -0.116. The number of para-hydroxylation sites is 1. The number of nitrogens with zero attached hydrogens (tertiary/aromatic N) is 4. The van der Waals surface area contributed by atoms with Crippen molar-refractivity contribution >= 4 is 28.7 Å². The minimum absolute atomic E-state index is 0.152. The Balaban J connectivity index is 1.87. The van der Waals surface area contributed by atoms with Crippen LogP contribution in [0.15, 0.2) is 40.2 Å². The molecular weight excluding hydrogens is 376 g/mol. The van der Waals surface area contributed by atoms with Crippen molar-refractivity contribution in [3.05, 3.63) is 57.0 Å². The number of aryl methyl sites for hydroxylation is 1. The van der Waals surface area contributed by atoms with E-state index in [1.807, 2.05) is 6.92 Å². The Morgan fingerprint density at radius 3 is 2.55 bits per heavy atom. The number of hydrogen-bond donors (Lipinski definition) is 2. The van der Waals surface area contributed by atoms with Crippen LogP contribution in [-0.4, -0.2) is 37.0 Å². The van der Waals surface area contributed by atoms with Gasteiger partial charge in [-0.2, -0.15) is 0 Å². The number of hydrogen-bond acceptors (Lipinski definition) is 5. The Labute approximate surface area is 165 Å². The molecule has 0 radical (unpaired) electrons. The number of fused-ring (bicyclic) bond motifs is 1. The maximum Gasteiger partial charge on any atom is 0.332 e. The quantitative estimate of drug-likeness (QED) is 0.615. The van der Waals surface area contributed by atoms with Crippen molar-refractivity contribution in [3.8, 4) is 0 Å². The molecule has 152 valence electrons. The summed E-state index contributed by atoms with van der Waals surface area (Å²) in [7, 11) is 2.87. The number of imidazole rings is 1. The minimum Gasteiger partial charge on any atom is -0.352 e. The second-order valence-electron chi connectivity index (χ2n) is 6.60. The summed E-state index contributed by atoms with van der Waals surface area (Å²) < 4.78 is 3.59. The van der Waals surface area contributed by atoms with E-state index in [4.69, 9.17) is 0 Å². The zero-order valence-corrected chi connectivity index (χ0v) is 16.4. The summed E-state index contributed by atoms with van der Waals surface area (Å²) >= 11 is 0. The fourth-order valence-corrected chi connectivity index (χ4v) is 2.99. The van der Waals surface area contributed by atoms with Crippen molar-refractivity contribution in [2.75, 3.05) is 11.9 Å². The smallest absolute Gasteiger partial charge is 0.332 e. The van der Waals surface area contributed by atoms with E-state index < -0.39 is 17.2 Å². The third kappa shape index (κ3) is 3.82. The van der Waals surface area contributed by atoms with Crippen LogP contribution in [0.25, 0.3) is 11.2 Å². The topological polar surface area (TPSA) is 120 Å². The highest BCUT2D eigenvalue weighted by Crippen LogP contribution is 2.15. The van der Waals surface area contributed by atoms with Gasteiger partial charge in [0.25, 0.3) is 11.5 Å². The molecule has 0 aliphatic rings. The molecule has 10 heteroatoms. The first-order valence-corrected chi connectivity index (χ1v) is 9.13. The molecule has 0 saturated heterocycles. The molecule has 2 amide bonds. The highest BCUT2D eigenvalue weighted by atomic mass is 16.2. The standard InChI is InChI=1S/C19H22N6O4/c1-4-9-20-17(27)12-7-5-6-8-13(12)22-14(26)10-25-11-21-16-15(25)18(28)24(3)19(29)23(16)2/h5-8,11H,4,9-10H2,1-3H3,(H,20,27)(H,22,26). The lowest BCUT2D eigenvalue weighted by Gasteiger charge is -2.12. The number of amides is 2. The van der Waals surface area contributed by atoms with Crippen LogP contribution in [-0.2, 0) is 25.4 Å². The maximum absolute atomic E-state index is 12.6. The lowest BCUT2D eigenvalue weighted by Crippen LogP contribution is -2.37. The number of carbonyl (C=O) groups excluding carboxylic acids is 2. The zero-order chi connectivity index (χ0) is 21.1. The van der Waals surface area contributed by atoms with Gasteiger partial charge in [0.2, 0.25) is 5.91 Å². The van der Waals surface area contributed by atoms with Crippen LogP contribution in [0.2, 0.25) is 0 Å². The van der Waals surface area contributed by atoms with E-state index >= 15 is 0 Å². The van der Waals surface area contributed by atoms with Gasteiger partial charge in [0.1, 0.15) is 6.54 Å². The molecule has 0 atom stereocenters. The summed E-state index contributed by atoms with van der Waals surface area (Å²) in [6.07, 6.45) is 2.14. The van der Waals surface area contributed by atoms with Crippen molar-refractivity contribution in [3.63, 3.8) is 0 Å². The van der Waals surface area contributed by atoms with Gasteiger partial charge < -0.3 is 15.2 Å². The highest BCUT2D eigenvalue weighted by Gasteiger charge is 2.17. The van der Waals surface area contributed by atoms with Gasteiger partial charge in [-0.3, -0.25) is 23.5 Å². The van der Waals surface area contributed by atoms with Crippen LogP contribution in [0.1, 0.15) is 23.7 Å². The van der Waals surface area contributed by atoms with E-state index in [0.29, 0.717) is 17.8 Å². The fourth-order valence-electron chi connectivity index (χ4n) is 2.99. The number of rotatable bonds is 6. The van der Waals surface area contributed by atoms with Gasteiger partial charge in [-0.05, 0) is 18.6 Å². The highest BCUT2D eigenvalue weighted by molar-refractivity contribution is 6.03. The molecule has 0 saturated carbocycles. The molecular formula is C19H22N6O4. The first kappa shape index (κ1) is 20.1. The van der Waals surface area contributed by atoms with Crippen molar-refractivity contribution in [2.24, 2.45) is 14.1 Å². The van der Waals surface area contributed by atoms with Gasteiger partial charge in [-0.1, -0.05) is 19.1 Å². The lowest BCUT2D eigenvalue weighted by atomic mass is 10.1. The van der Waals surface area contributed by atoms with Crippen molar-refractivity contribution < 1.29 is 9.59 Å². The van der Waals surface area contributed by atoms with Gasteiger partial charge in [0.05, 0.1) is 17.6 Å². The predicted molar refractivity (Wildman–Crippen MR) is 108 cm³/mol. The summed E-state index contributed by atoms with van der Waals surface area (Å²) in [6, 6.07) is 6.68. The summed E-state index contributed by atoms with van der Waals surface area (Å²) in [5.74, 6) is -0.712. The molecule has 2 aromatic heterocycles. The van der Waals surface area contributed by atoms with Crippen LogP contribution in [0.4, 0.5) is 5.69 Å². The van der Waals surface area contributed by atoms with Crippen LogP contribution in [0, 0.1) is 0 Å². The molecule has 0 fully saturated rings. The van der Waals surface area contributed by atoms with Crippen LogP contribution in [0.3, 0.4) is 0 Å². The number of anilines is 1. The van der Waals surface area contributed by atoms with Crippen LogP contribution in [0.5, 0.6) is 0 Å². The molecule has 1 aromatic carbocycles. The summed E-state index contributed by atoms with van der Waals surface area (Å²) in [6.45, 7) is 2.28. The molecule has 0 aliphatic heterocycles. The molecule has 3 rings (SSSR count). The Kier molecular flexibility index (Phi) is 5.62. The summed E-state index contributed by atoms with van der Waals surface area (Å²) in [4.78, 5) is 53.5. The third-order valence-electron chi connectivity index (χ3n) is 4.51. The van der Waals surface area contributed by atoms with E-state index in [2.05, 4.69) is 15.6 Å². The number of carbonyl (C=O) groups is 2. The van der Waals surface area contributed by atoms with E-state index in [1.165, 1.54) is 29.6 Å². The van der Waals surface area contributed by atoms with Crippen LogP contribution < -0.4 is 21.9 Å². The van der Waals surface area contributed by atoms with Gasteiger partial charge in [-0.25, -0.2) is 9.78 Å². The zero-order valence-electron chi connectivity index (χ0n) is 16.4. The molecule has 3 aromatic rings. The maximum atomic E-state index is 12.6. The molecule has 0 unspecified atom stereocenters. The van der Waals surface area contributed by atoms with Gasteiger partial charge >= 0.3 is 5.69 Å². The fraction of sp³-hybridized carbons (Fsp3) is 0.316. The van der Waals surface area contributed by atoms with E-state index in [-0.39, 0.29) is 23.6 Å². The Hall–Kier alpha value is -3.69. The van der Waals surface area contributed by atoms with Gasteiger partial charge in [-0.15, -0.1) is 0 Å². The second-order valence-corrected chi connectivity index (χ2v) is 6.60. The number of benzene rings is 1. The molecule has 0 aliphatic carbocycles. The van der Waals surface area contributed by atoms with Crippen LogP contribution >= 0.6 is 0 Å². The average molecular weight is 398 g/mol. The Morgan fingerprint density at radius 2 is 1.83 bits per heavy atom. The predicted octanol–water partition coefficient (Wildman–Crippen LogP) is 0.212. The molecule has 0 bridgehead atoms. The van der Waals surface area contributed by atoms with Crippen molar-refractivity contribution in [2.45, 2.75) is 19.9 Å². The normalized spacial score (nSPS) is 10.9. The first-order chi connectivity index (χ1) is 13.8. The minimum atomic E-state index is -0.534. The van der Waals surface area contributed by atoms with Gasteiger partial charge in [0, 0.05) is 20.6 Å². The van der Waals surface area contributed by atoms with Gasteiger partial charge in [0.15, 0.2) is 11.2 Å². The second kappa shape index (κ2) is 8.13. The van der Waals surface area contributed by atoms with Crippen molar-refractivity contribution in [1.82, 2.24) is 24.0 Å². The first-order valence-electron chi connectivity index (χ1n) is 9.13. The Morgan fingerprint density at radius 1 is 1.10 bits per heavy atom. The average Bonchev–Trinajstić information content (AvgIpc) is 3.12. The van der Waals surface area contributed by atoms with E-state index in [1.54, 1.807) is 24.3 Å². The Bertz CT molecular complexity index is 1200. The van der Waals surface area contributed by atoms with Crippen molar-refractivity contribution in [1.29, 1.82) is 0 Å². The molecule has 10 nitrogen and oxygen atoms in total. The molecule has 2 N–H and O–H groups in total. The molecule has 0 spiro atoms. The molecule has 2 heterocycles. The SMILES string of the molecule is CCCNC(=O)c1ccccc1NC(=O)Cn1cnc2c1c(=O)n(C)c(=O)n2C. The number of nitrogens with one attached hydrogen (secondary N) is 2. The third-order valence-corrected chi connectivity index (χ3v) is 4.51. The largest absolute Gasteiger partial charge is 0.352 e. The number of aromatic nitrogens is 4. The monoisotopic (exact) mass is 398 g/mol. The summed E-state index contributed by atoms with van der Waals surface area (Å²) in [5.41, 5.74) is 0.0415. The molecule has 29 heavy (non-hydrogen) atoms. The summed E-state index contributed by atoms with van der Waals surface area (Å²) in [5, 5.41) is 5.48.